The summed E-state index contributed by atoms with van der Waals surface area (Å²) in [5, 5.41) is 0. The van der Waals surface area contributed by atoms with Gasteiger partial charge < -0.3 is 4.90 Å². The van der Waals surface area contributed by atoms with Gasteiger partial charge in [0.2, 0.25) is 0 Å². The molecule has 14 heavy (non-hydrogen) atoms. The summed E-state index contributed by atoms with van der Waals surface area (Å²) >= 11 is 3.28. The molecule has 2 heterocycles. The molecular weight excluding hydrogens is 242 g/mol. The maximum atomic E-state index is 4.32. The summed E-state index contributed by atoms with van der Waals surface area (Å²) in [6.07, 6.45) is 4.80. The van der Waals surface area contributed by atoms with Crippen molar-refractivity contribution in [3.05, 3.63) is 17.0 Å². The summed E-state index contributed by atoms with van der Waals surface area (Å²) in [4.78, 5) is 10.8. The quantitative estimate of drug-likeness (QED) is 0.814. The highest BCUT2D eigenvalue weighted by molar-refractivity contribution is 9.10. The van der Waals surface area contributed by atoms with Crippen LogP contribution >= 0.6 is 15.9 Å². The van der Waals surface area contributed by atoms with Gasteiger partial charge in [-0.15, -0.1) is 0 Å². The van der Waals surface area contributed by atoms with Gasteiger partial charge in [-0.2, -0.15) is 0 Å². The summed E-state index contributed by atoms with van der Waals surface area (Å²) in [5.41, 5.74) is 0.481. The summed E-state index contributed by atoms with van der Waals surface area (Å²) in [6, 6.07) is 0. The fraction of sp³-hybridized carbons (Fsp3) is 0.600. The minimum absolute atomic E-state index is 0.481. The van der Waals surface area contributed by atoms with Gasteiger partial charge in [-0.25, -0.2) is 9.97 Å². The molecule has 76 valence electrons. The molecule has 0 spiro atoms. The van der Waals surface area contributed by atoms with Crippen LogP contribution in [-0.2, 0) is 0 Å². The van der Waals surface area contributed by atoms with E-state index in [0.717, 1.165) is 23.5 Å². The molecule has 1 aliphatic heterocycles. The summed E-state index contributed by atoms with van der Waals surface area (Å²) in [7, 11) is 0. The van der Waals surface area contributed by atoms with Crippen molar-refractivity contribution < 1.29 is 0 Å². The molecule has 3 nitrogen and oxygen atoms in total. The minimum Gasteiger partial charge on any atom is -0.354 e. The van der Waals surface area contributed by atoms with E-state index in [1.165, 1.54) is 6.42 Å². The van der Waals surface area contributed by atoms with E-state index in [2.05, 4.69) is 44.6 Å². The fourth-order valence-corrected chi connectivity index (χ4v) is 1.93. The third kappa shape index (κ3) is 1.75. The SMILES string of the molecule is CCC1(C)CN(c2cnc(Br)cn2)C1. The van der Waals surface area contributed by atoms with E-state index < -0.39 is 0 Å². The molecule has 1 saturated heterocycles. The molecule has 0 N–H and O–H groups in total. The Labute approximate surface area is 92.7 Å². The lowest BCUT2D eigenvalue weighted by atomic mass is 9.80. The first-order chi connectivity index (χ1) is 6.63. The van der Waals surface area contributed by atoms with Crippen molar-refractivity contribution in [1.82, 2.24) is 9.97 Å². The first kappa shape index (κ1) is 9.90. The van der Waals surface area contributed by atoms with E-state index in [1.54, 1.807) is 6.20 Å². The second kappa shape index (κ2) is 3.50. The van der Waals surface area contributed by atoms with Crippen LogP contribution in [0.25, 0.3) is 0 Å². The molecular formula is C10H14BrN3. The predicted molar refractivity (Wildman–Crippen MR) is 60.3 cm³/mol. The number of anilines is 1. The first-order valence-electron chi connectivity index (χ1n) is 4.85. The van der Waals surface area contributed by atoms with Gasteiger partial charge in [0, 0.05) is 18.5 Å². The molecule has 0 saturated carbocycles. The van der Waals surface area contributed by atoms with Crippen LogP contribution in [0.5, 0.6) is 0 Å². The monoisotopic (exact) mass is 255 g/mol. The summed E-state index contributed by atoms with van der Waals surface area (Å²) in [5.74, 6) is 0.985. The molecule has 2 rings (SSSR count). The van der Waals surface area contributed by atoms with Crippen molar-refractivity contribution in [1.29, 1.82) is 0 Å². The van der Waals surface area contributed by atoms with Crippen LogP contribution < -0.4 is 4.90 Å². The maximum absolute atomic E-state index is 4.32. The third-order valence-corrected chi connectivity index (χ3v) is 3.34. The molecule has 0 radical (unpaired) electrons. The van der Waals surface area contributed by atoms with Crippen molar-refractivity contribution in [2.24, 2.45) is 5.41 Å². The van der Waals surface area contributed by atoms with Gasteiger partial charge in [-0.3, -0.25) is 0 Å². The van der Waals surface area contributed by atoms with Crippen LogP contribution in [0, 0.1) is 5.41 Å². The maximum Gasteiger partial charge on any atom is 0.147 e. The number of rotatable bonds is 2. The number of halogens is 1. The average molecular weight is 256 g/mol. The van der Waals surface area contributed by atoms with E-state index in [1.807, 2.05) is 6.20 Å². The Morgan fingerprint density at radius 1 is 1.43 bits per heavy atom. The van der Waals surface area contributed by atoms with Gasteiger partial charge in [0.15, 0.2) is 0 Å². The Kier molecular flexibility index (Phi) is 2.47. The highest BCUT2D eigenvalue weighted by Gasteiger charge is 2.37. The molecule has 0 amide bonds. The van der Waals surface area contributed by atoms with E-state index >= 15 is 0 Å². The molecule has 4 heteroatoms. The third-order valence-electron chi connectivity index (χ3n) is 2.93. The molecule has 0 atom stereocenters. The van der Waals surface area contributed by atoms with Crippen LogP contribution in [-0.4, -0.2) is 23.1 Å². The molecule has 1 aromatic heterocycles. The van der Waals surface area contributed by atoms with Crippen LogP contribution in [0.2, 0.25) is 0 Å². The Balaban J connectivity index is 2.03. The van der Waals surface area contributed by atoms with E-state index in [-0.39, 0.29) is 0 Å². The predicted octanol–water partition coefficient (Wildman–Crippen LogP) is 2.48. The summed E-state index contributed by atoms with van der Waals surface area (Å²) in [6.45, 7) is 6.75. The number of aromatic nitrogens is 2. The zero-order valence-corrected chi connectivity index (χ0v) is 10.1. The summed E-state index contributed by atoms with van der Waals surface area (Å²) < 4.78 is 0.792. The normalized spacial score (nSPS) is 19.2. The van der Waals surface area contributed by atoms with Gasteiger partial charge >= 0.3 is 0 Å². The van der Waals surface area contributed by atoms with Gasteiger partial charge in [0.05, 0.1) is 12.4 Å². The second-order valence-corrected chi connectivity index (χ2v) is 5.03. The molecule has 0 unspecified atom stereocenters. The zero-order chi connectivity index (χ0) is 10.2. The average Bonchev–Trinajstić information content (AvgIpc) is 2.15. The number of hydrogen-bond donors (Lipinski definition) is 0. The highest BCUT2D eigenvalue weighted by atomic mass is 79.9. The molecule has 1 aromatic rings. The van der Waals surface area contributed by atoms with Crippen molar-refractivity contribution in [2.75, 3.05) is 18.0 Å². The molecule has 0 aromatic carbocycles. The van der Waals surface area contributed by atoms with E-state index in [4.69, 9.17) is 0 Å². The lowest BCUT2D eigenvalue weighted by molar-refractivity contribution is 0.232. The molecule has 0 bridgehead atoms. The lowest BCUT2D eigenvalue weighted by Gasteiger charge is -2.48. The fourth-order valence-electron chi connectivity index (χ4n) is 1.73. The largest absolute Gasteiger partial charge is 0.354 e. The van der Waals surface area contributed by atoms with Gasteiger partial charge in [0.25, 0.3) is 0 Å². The molecule has 1 fully saturated rings. The molecule has 0 aliphatic carbocycles. The van der Waals surface area contributed by atoms with Crippen LogP contribution in [0.1, 0.15) is 20.3 Å². The van der Waals surface area contributed by atoms with Crippen molar-refractivity contribution in [3.63, 3.8) is 0 Å². The Morgan fingerprint density at radius 3 is 2.64 bits per heavy atom. The Morgan fingerprint density at radius 2 is 2.14 bits per heavy atom. The van der Waals surface area contributed by atoms with Gasteiger partial charge in [-0.05, 0) is 22.4 Å². The van der Waals surface area contributed by atoms with Crippen molar-refractivity contribution in [2.45, 2.75) is 20.3 Å². The lowest BCUT2D eigenvalue weighted by Crippen LogP contribution is -2.54. The van der Waals surface area contributed by atoms with Gasteiger partial charge in [-0.1, -0.05) is 13.8 Å². The second-order valence-electron chi connectivity index (χ2n) is 4.22. The smallest absolute Gasteiger partial charge is 0.147 e. The Hall–Kier alpha value is -0.640. The van der Waals surface area contributed by atoms with Gasteiger partial charge in [0.1, 0.15) is 10.4 Å². The zero-order valence-electron chi connectivity index (χ0n) is 8.50. The number of hydrogen-bond acceptors (Lipinski definition) is 3. The topological polar surface area (TPSA) is 29.0 Å². The first-order valence-corrected chi connectivity index (χ1v) is 5.65. The highest BCUT2D eigenvalue weighted by Crippen LogP contribution is 2.35. The van der Waals surface area contributed by atoms with E-state index in [9.17, 15) is 0 Å². The Bertz CT molecular complexity index is 317. The minimum atomic E-state index is 0.481. The van der Waals surface area contributed by atoms with E-state index in [0.29, 0.717) is 5.41 Å². The van der Waals surface area contributed by atoms with Crippen molar-refractivity contribution in [3.8, 4) is 0 Å². The van der Waals surface area contributed by atoms with Crippen molar-refractivity contribution >= 4 is 21.7 Å². The number of nitrogens with zero attached hydrogens (tertiary/aromatic N) is 3. The van der Waals surface area contributed by atoms with Crippen LogP contribution in [0.3, 0.4) is 0 Å². The molecule has 1 aliphatic rings. The van der Waals surface area contributed by atoms with Crippen LogP contribution in [0.4, 0.5) is 5.82 Å². The standard InChI is InChI=1S/C10H14BrN3/c1-3-10(2)6-14(7-10)9-5-12-8(11)4-13-9/h4-5H,3,6-7H2,1-2H3. The van der Waals surface area contributed by atoms with Crippen LogP contribution in [0.15, 0.2) is 17.0 Å².